The Morgan fingerprint density at radius 2 is 1.51 bits per heavy atom. The molecule has 3 amide bonds. The Hall–Kier alpha value is -4.44. The number of aliphatic hydroxyl groups excluding tert-OH is 1. The third-order valence-corrected chi connectivity index (χ3v) is 7.65. The van der Waals surface area contributed by atoms with Crippen molar-refractivity contribution in [2.45, 2.75) is 55.9 Å². The first kappa shape index (κ1) is 31.5. The predicted molar refractivity (Wildman–Crippen MR) is 153 cm³/mol. The minimum atomic E-state index is -1.17. The normalized spacial score (nSPS) is 20.4. The molecule has 0 radical (unpaired) electrons. The second-order valence-corrected chi connectivity index (χ2v) is 11.1. The number of likely N-dealkylation sites (tertiary alicyclic amines) is 2. The Labute approximate surface area is 251 Å². The Kier molecular flexibility index (Phi) is 10.4. The van der Waals surface area contributed by atoms with Crippen molar-refractivity contribution in [1.82, 2.24) is 15.1 Å². The Balaban J connectivity index is 1.21. The number of nitrogens with one attached hydrogen (secondary N) is 1. The Morgan fingerprint density at radius 3 is 2.07 bits per heavy atom. The number of rotatable bonds is 10. The molecule has 230 valence electrons. The maximum Gasteiger partial charge on any atom is 0.410 e. The van der Waals surface area contributed by atoms with E-state index in [0.717, 1.165) is 0 Å². The maximum atomic E-state index is 12.9. The van der Waals surface area contributed by atoms with Crippen LogP contribution in [0.25, 0.3) is 0 Å². The van der Waals surface area contributed by atoms with Gasteiger partial charge in [-0.25, -0.2) is 9.59 Å². The van der Waals surface area contributed by atoms with E-state index in [1.54, 1.807) is 0 Å². The lowest BCUT2D eigenvalue weighted by molar-refractivity contribution is -0.385. The molecule has 0 aliphatic carbocycles. The molecule has 2 saturated heterocycles. The van der Waals surface area contributed by atoms with Crippen molar-refractivity contribution in [3.8, 4) is 0 Å². The largest absolute Gasteiger partial charge is 0.445 e. The van der Waals surface area contributed by atoms with Gasteiger partial charge in [-0.3, -0.25) is 25.0 Å². The number of thiol groups is 1. The smallest absolute Gasteiger partial charge is 0.410 e. The second-order valence-electron chi connectivity index (χ2n) is 10.3. The van der Waals surface area contributed by atoms with E-state index in [0.29, 0.717) is 30.5 Å². The first-order valence-corrected chi connectivity index (χ1v) is 14.0. The van der Waals surface area contributed by atoms with Crippen LogP contribution in [0, 0.1) is 20.2 Å². The molecule has 15 nitrogen and oxygen atoms in total. The summed E-state index contributed by atoms with van der Waals surface area (Å²) in [6, 6.07) is 10.2. The molecule has 2 aromatic carbocycles. The number of carbonyl (C=O) groups excluding carboxylic acids is 3. The van der Waals surface area contributed by atoms with Gasteiger partial charge in [-0.1, -0.05) is 0 Å². The molecule has 2 heterocycles. The summed E-state index contributed by atoms with van der Waals surface area (Å²) in [4.78, 5) is 61.3. The van der Waals surface area contributed by atoms with E-state index in [-0.39, 0.29) is 61.3 Å². The number of nitro benzene ring substituents is 2. The van der Waals surface area contributed by atoms with Crippen LogP contribution in [-0.2, 0) is 27.5 Å². The second kappa shape index (κ2) is 14.2. The quantitative estimate of drug-likeness (QED) is 0.203. The molecule has 0 spiro atoms. The third kappa shape index (κ3) is 8.54. The van der Waals surface area contributed by atoms with Gasteiger partial charge in [0.25, 0.3) is 11.4 Å². The van der Waals surface area contributed by atoms with Gasteiger partial charge in [0, 0.05) is 49.1 Å². The van der Waals surface area contributed by atoms with E-state index in [2.05, 4.69) is 17.9 Å². The lowest BCUT2D eigenvalue weighted by Gasteiger charge is -2.28. The number of carbonyl (C=O) groups is 3. The molecule has 2 aliphatic heterocycles. The molecule has 1 unspecified atom stereocenters. The van der Waals surface area contributed by atoms with Gasteiger partial charge < -0.3 is 29.7 Å². The summed E-state index contributed by atoms with van der Waals surface area (Å²) >= 11 is 4.44. The van der Waals surface area contributed by atoms with Crippen molar-refractivity contribution >= 4 is 42.1 Å². The van der Waals surface area contributed by atoms with Crippen LogP contribution in [0.3, 0.4) is 0 Å². The summed E-state index contributed by atoms with van der Waals surface area (Å²) in [7, 11) is 0. The molecular weight excluding hydrogens is 586 g/mol. The van der Waals surface area contributed by atoms with E-state index in [9.17, 15) is 39.7 Å². The van der Waals surface area contributed by atoms with Gasteiger partial charge in [-0.15, -0.1) is 0 Å². The first-order valence-electron chi connectivity index (χ1n) is 13.5. The van der Waals surface area contributed by atoms with Crippen molar-refractivity contribution < 1.29 is 38.8 Å². The molecule has 4 atom stereocenters. The van der Waals surface area contributed by atoms with Crippen LogP contribution >= 0.6 is 12.6 Å². The number of alkyl carbamates (subject to hydrolysis) is 1. The molecule has 0 aromatic heterocycles. The molecule has 2 N–H and O–H groups in total. The lowest BCUT2D eigenvalue weighted by Crippen LogP contribution is -2.45. The van der Waals surface area contributed by atoms with Crippen LogP contribution in [0.4, 0.5) is 21.0 Å². The molecule has 2 aromatic rings. The number of aliphatic hydroxyl groups is 1. The summed E-state index contributed by atoms with van der Waals surface area (Å²) in [5, 5.41) is 34.9. The molecule has 43 heavy (non-hydrogen) atoms. The van der Waals surface area contributed by atoms with Gasteiger partial charge in [0.2, 0.25) is 5.91 Å². The van der Waals surface area contributed by atoms with E-state index in [1.165, 1.54) is 58.3 Å². The number of hydrogen-bond donors (Lipinski definition) is 3. The van der Waals surface area contributed by atoms with Crippen molar-refractivity contribution in [3.05, 3.63) is 79.9 Å². The lowest BCUT2D eigenvalue weighted by atomic mass is 10.0. The van der Waals surface area contributed by atoms with Gasteiger partial charge in [-0.05, 0) is 48.2 Å². The van der Waals surface area contributed by atoms with Crippen molar-refractivity contribution in [2.75, 3.05) is 19.6 Å². The minimum absolute atomic E-state index is 0.0697. The van der Waals surface area contributed by atoms with Crippen LogP contribution in [0.2, 0.25) is 0 Å². The summed E-state index contributed by atoms with van der Waals surface area (Å²) in [6.45, 7) is 0.602. The zero-order chi connectivity index (χ0) is 31.1. The van der Waals surface area contributed by atoms with Gasteiger partial charge in [0.15, 0.2) is 0 Å². The van der Waals surface area contributed by atoms with E-state index in [4.69, 9.17) is 9.47 Å². The van der Waals surface area contributed by atoms with Crippen LogP contribution in [0.1, 0.15) is 30.4 Å². The van der Waals surface area contributed by atoms with Crippen LogP contribution < -0.4 is 5.32 Å². The topological polar surface area (TPSA) is 195 Å². The summed E-state index contributed by atoms with van der Waals surface area (Å²) in [5.41, 5.74) is 0.984. The van der Waals surface area contributed by atoms with E-state index < -0.39 is 34.2 Å². The van der Waals surface area contributed by atoms with Crippen LogP contribution in [0.5, 0.6) is 0 Å². The van der Waals surface area contributed by atoms with Gasteiger partial charge in [0.1, 0.15) is 13.2 Å². The third-order valence-electron chi connectivity index (χ3n) is 7.27. The Morgan fingerprint density at radius 1 is 0.953 bits per heavy atom. The maximum absolute atomic E-state index is 12.9. The van der Waals surface area contributed by atoms with Crippen LogP contribution in [-0.4, -0.2) is 85.9 Å². The monoisotopic (exact) mass is 617 g/mol. The summed E-state index contributed by atoms with van der Waals surface area (Å²) < 4.78 is 10.5. The fourth-order valence-electron chi connectivity index (χ4n) is 4.98. The first-order chi connectivity index (χ1) is 20.5. The van der Waals surface area contributed by atoms with Gasteiger partial charge in [0.05, 0.1) is 34.5 Å². The van der Waals surface area contributed by atoms with Crippen molar-refractivity contribution in [1.29, 1.82) is 0 Å². The van der Waals surface area contributed by atoms with E-state index >= 15 is 0 Å². The predicted octanol–water partition coefficient (Wildman–Crippen LogP) is 2.79. The molecule has 0 bridgehead atoms. The molecule has 4 rings (SSSR count). The number of benzene rings is 2. The van der Waals surface area contributed by atoms with Crippen molar-refractivity contribution in [3.63, 3.8) is 0 Å². The van der Waals surface area contributed by atoms with Gasteiger partial charge in [-0.2, -0.15) is 12.6 Å². The van der Waals surface area contributed by atoms with Gasteiger partial charge >= 0.3 is 12.2 Å². The highest BCUT2D eigenvalue weighted by atomic mass is 32.1. The minimum Gasteiger partial charge on any atom is -0.445 e. The number of nitro groups is 2. The fourth-order valence-corrected chi connectivity index (χ4v) is 5.37. The SMILES string of the molecule is O=C(N[C@@H]1CCN(C(=O)CC(O)[C@@H]2C[C@H](S)CN2C(=O)OCc2ccc([N+](=O)[O-])cc2)C1)OCc1ccc([N+](=O)[O-])cc1. The number of amides is 3. The molecule has 16 heteroatoms. The molecule has 2 fully saturated rings. The van der Waals surface area contributed by atoms with E-state index in [1.807, 2.05) is 0 Å². The molecule has 0 saturated carbocycles. The molecule has 2 aliphatic rings. The average molecular weight is 618 g/mol. The average Bonchev–Trinajstić information content (AvgIpc) is 3.62. The molecular formula is C27H31N5O10S. The number of ether oxygens (including phenoxy) is 2. The standard InChI is InChI=1S/C27H31N5O10S/c33-24(23-11-22(43)14-30(23)27(36)42-16-18-3-7-21(8-4-18)32(39)40)12-25(34)29-10-9-19(13-29)28-26(35)41-15-17-1-5-20(6-2-17)31(37)38/h1-8,19,22-24,33,43H,9-16H2,(H,28,35)/t19-,22+,23+,24?/m1/s1. The van der Waals surface area contributed by atoms with Crippen molar-refractivity contribution in [2.24, 2.45) is 0 Å². The zero-order valence-electron chi connectivity index (χ0n) is 22.9. The fraction of sp³-hybridized carbons (Fsp3) is 0.444. The van der Waals surface area contributed by atoms with Crippen LogP contribution in [0.15, 0.2) is 48.5 Å². The Bertz CT molecular complexity index is 1340. The summed E-state index contributed by atoms with van der Waals surface area (Å²) in [5.74, 6) is -0.335. The summed E-state index contributed by atoms with van der Waals surface area (Å²) in [6.07, 6.45) is -1.95. The highest BCUT2D eigenvalue weighted by Gasteiger charge is 2.40. The number of non-ortho nitro benzene ring substituents is 2. The highest BCUT2D eigenvalue weighted by Crippen LogP contribution is 2.27. The highest BCUT2D eigenvalue weighted by molar-refractivity contribution is 7.81. The number of hydrogen-bond acceptors (Lipinski definition) is 11. The number of nitrogens with zero attached hydrogens (tertiary/aromatic N) is 4. The zero-order valence-corrected chi connectivity index (χ0v) is 23.8.